The van der Waals surface area contributed by atoms with E-state index in [4.69, 9.17) is 11.6 Å². The fourth-order valence-corrected chi connectivity index (χ4v) is 1.35. The van der Waals surface area contributed by atoms with E-state index in [2.05, 4.69) is 9.98 Å². The molecule has 0 spiro atoms. The largest absolute Gasteiger partial charge is 0.444 e. The number of hydrogen-bond acceptors (Lipinski definition) is 3. The second kappa shape index (κ2) is 3.63. The highest BCUT2D eigenvalue weighted by Gasteiger charge is 2.34. The third-order valence-electron chi connectivity index (χ3n) is 1.05. The summed E-state index contributed by atoms with van der Waals surface area (Å²) in [5.41, 5.74) is 0. The van der Waals surface area contributed by atoms with Gasteiger partial charge in [0.05, 0.1) is 11.2 Å². The monoisotopic (exact) mass is 228 g/mol. The quantitative estimate of drug-likeness (QED) is 0.677. The van der Waals surface area contributed by atoms with E-state index in [0.29, 0.717) is 5.01 Å². The molecule has 1 aromatic heterocycles. The number of halogens is 4. The molecule has 7 heteroatoms. The molecule has 0 aliphatic carbocycles. The van der Waals surface area contributed by atoms with Crippen molar-refractivity contribution in [3.63, 3.8) is 0 Å². The summed E-state index contributed by atoms with van der Waals surface area (Å²) in [5, 5.41) is -0.582. The average molecular weight is 229 g/mol. The number of aromatic nitrogens is 1. The highest BCUT2D eigenvalue weighted by molar-refractivity contribution is 7.15. The molecule has 0 radical (unpaired) electrons. The van der Waals surface area contributed by atoms with Gasteiger partial charge in [0.2, 0.25) is 5.17 Å². The molecule has 0 unspecified atom stereocenters. The molecule has 0 aromatic carbocycles. The molecule has 2 nitrogen and oxygen atoms in total. The molecule has 0 aliphatic heterocycles. The zero-order valence-corrected chi connectivity index (χ0v) is 7.96. The van der Waals surface area contributed by atoms with Gasteiger partial charge in [0.1, 0.15) is 5.00 Å². The first-order valence-corrected chi connectivity index (χ1v) is 4.33. The van der Waals surface area contributed by atoms with Crippen LogP contribution in [0.5, 0.6) is 0 Å². The van der Waals surface area contributed by atoms with E-state index in [1.165, 1.54) is 6.20 Å². The number of rotatable bonds is 1. The molecule has 0 amide bonds. The first-order valence-electron chi connectivity index (χ1n) is 3.13. The SMILES string of the molecule is Cc1ncc(N=C(Cl)C(F)(F)F)s1. The van der Waals surface area contributed by atoms with E-state index >= 15 is 0 Å². The first-order chi connectivity index (χ1) is 5.89. The zero-order valence-electron chi connectivity index (χ0n) is 6.39. The van der Waals surface area contributed by atoms with E-state index in [1.807, 2.05) is 0 Å². The second-order valence-electron chi connectivity index (χ2n) is 2.12. The van der Waals surface area contributed by atoms with Gasteiger partial charge in [-0.3, -0.25) is 0 Å². The van der Waals surface area contributed by atoms with Crippen LogP contribution >= 0.6 is 22.9 Å². The summed E-state index contributed by atoms with van der Waals surface area (Å²) >= 11 is 5.95. The summed E-state index contributed by atoms with van der Waals surface area (Å²) in [5.74, 6) is 0. The molecule has 0 aliphatic rings. The highest BCUT2D eigenvalue weighted by atomic mass is 35.5. The van der Waals surface area contributed by atoms with Crippen molar-refractivity contribution in [2.24, 2.45) is 4.99 Å². The van der Waals surface area contributed by atoms with Gasteiger partial charge in [0.25, 0.3) is 0 Å². The number of thiazole rings is 1. The molecular weight excluding hydrogens is 225 g/mol. The van der Waals surface area contributed by atoms with Crippen LogP contribution in [0.4, 0.5) is 18.2 Å². The Kier molecular flexibility index (Phi) is 2.92. The van der Waals surface area contributed by atoms with Crippen LogP contribution in [0.2, 0.25) is 0 Å². The Morgan fingerprint density at radius 3 is 2.62 bits per heavy atom. The van der Waals surface area contributed by atoms with Crippen molar-refractivity contribution in [1.82, 2.24) is 4.98 Å². The molecule has 1 aromatic rings. The van der Waals surface area contributed by atoms with Gasteiger partial charge in [-0.25, -0.2) is 9.98 Å². The van der Waals surface area contributed by atoms with Crippen LogP contribution in [-0.4, -0.2) is 16.3 Å². The van der Waals surface area contributed by atoms with Crippen LogP contribution in [0.15, 0.2) is 11.2 Å². The van der Waals surface area contributed by atoms with Crippen LogP contribution in [0.1, 0.15) is 5.01 Å². The molecule has 0 fully saturated rings. The molecule has 0 saturated carbocycles. The second-order valence-corrected chi connectivity index (χ2v) is 3.69. The summed E-state index contributed by atoms with van der Waals surface area (Å²) in [6.45, 7) is 1.67. The topological polar surface area (TPSA) is 25.2 Å². The van der Waals surface area contributed by atoms with Crippen molar-refractivity contribution in [2.45, 2.75) is 13.1 Å². The van der Waals surface area contributed by atoms with Gasteiger partial charge in [-0.05, 0) is 6.92 Å². The maximum absolute atomic E-state index is 11.9. The van der Waals surface area contributed by atoms with E-state index in [9.17, 15) is 13.2 Å². The number of aryl methyl sites for hydroxylation is 1. The predicted octanol–water partition coefficient (Wildman–Crippen LogP) is 3.28. The summed E-state index contributed by atoms with van der Waals surface area (Å²) < 4.78 is 35.6. The lowest BCUT2D eigenvalue weighted by Crippen LogP contribution is -2.16. The van der Waals surface area contributed by atoms with Gasteiger partial charge in [0, 0.05) is 0 Å². The maximum Gasteiger partial charge on any atom is 0.444 e. The predicted molar refractivity (Wildman–Crippen MR) is 45.9 cm³/mol. The Balaban J connectivity index is 2.89. The lowest BCUT2D eigenvalue weighted by Gasteiger charge is -2.00. The molecule has 0 atom stereocenters. The molecule has 0 bridgehead atoms. The van der Waals surface area contributed by atoms with E-state index in [-0.39, 0.29) is 5.00 Å². The Hall–Kier alpha value is -0.620. The number of hydrogen-bond donors (Lipinski definition) is 0. The number of nitrogens with zero attached hydrogens (tertiary/aromatic N) is 2. The van der Waals surface area contributed by atoms with Crippen molar-refractivity contribution in [3.8, 4) is 0 Å². The normalized spacial score (nSPS) is 13.5. The zero-order chi connectivity index (χ0) is 10.1. The molecule has 1 rings (SSSR count). The number of alkyl halides is 3. The summed E-state index contributed by atoms with van der Waals surface area (Å²) in [6, 6.07) is 0. The van der Waals surface area contributed by atoms with E-state index < -0.39 is 11.3 Å². The third kappa shape index (κ3) is 2.96. The smallest absolute Gasteiger partial charge is 0.248 e. The van der Waals surface area contributed by atoms with Crippen LogP contribution < -0.4 is 0 Å². The van der Waals surface area contributed by atoms with Gasteiger partial charge in [-0.2, -0.15) is 13.2 Å². The minimum absolute atomic E-state index is 0.153. The molecule has 1 heterocycles. The van der Waals surface area contributed by atoms with Gasteiger partial charge < -0.3 is 0 Å². The Bertz CT molecular complexity index is 331. The fraction of sp³-hybridized carbons (Fsp3) is 0.333. The Morgan fingerprint density at radius 1 is 1.62 bits per heavy atom. The van der Waals surface area contributed by atoms with Gasteiger partial charge in [-0.1, -0.05) is 22.9 Å². The molecule has 72 valence electrons. The molecular formula is C6H4ClF3N2S. The number of aliphatic imine (C=N–C) groups is 1. The first kappa shape index (κ1) is 10.5. The van der Waals surface area contributed by atoms with E-state index in [0.717, 1.165) is 11.3 Å². The molecule has 13 heavy (non-hydrogen) atoms. The van der Waals surface area contributed by atoms with Gasteiger partial charge >= 0.3 is 6.18 Å². The lowest BCUT2D eigenvalue weighted by atomic mass is 10.7. The van der Waals surface area contributed by atoms with Crippen LogP contribution in [0, 0.1) is 6.92 Å². The average Bonchev–Trinajstić information content (AvgIpc) is 2.33. The van der Waals surface area contributed by atoms with Crippen LogP contribution in [0.25, 0.3) is 0 Å². The van der Waals surface area contributed by atoms with E-state index in [1.54, 1.807) is 6.92 Å². The maximum atomic E-state index is 11.9. The van der Waals surface area contributed by atoms with Crippen molar-refractivity contribution in [3.05, 3.63) is 11.2 Å². The minimum Gasteiger partial charge on any atom is -0.248 e. The van der Waals surface area contributed by atoms with Gasteiger partial charge in [0.15, 0.2) is 0 Å². The lowest BCUT2D eigenvalue weighted by molar-refractivity contribution is -0.0558. The summed E-state index contributed by atoms with van der Waals surface area (Å²) in [7, 11) is 0. The van der Waals surface area contributed by atoms with Crippen molar-refractivity contribution in [2.75, 3.05) is 0 Å². The highest BCUT2D eigenvalue weighted by Crippen LogP contribution is 2.27. The van der Waals surface area contributed by atoms with Crippen molar-refractivity contribution >= 4 is 33.1 Å². The Morgan fingerprint density at radius 2 is 2.23 bits per heavy atom. The van der Waals surface area contributed by atoms with Crippen LogP contribution in [0.3, 0.4) is 0 Å². The van der Waals surface area contributed by atoms with Crippen molar-refractivity contribution in [1.29, 1.82) is 0 Å². The fourth-order valence-electron chi connectivity index (χ4n) is 0.562. The van der Waals surface area contributed by atoms with Crippen LogP contribution in [-0.2, 0) is 0 Å². The van der Waals surface area contributed by atoms with Crippen molar-refractivity contribution < 1.29 is 13.2 Å². The standard InChI is InChI=1S/C6H4ClF3N2S/c1-3-11-2-4(13-3)12-5(7)6(8,9)10/h2H,1H3. The Labute approximate surface area is 81.1 Å². The third-order valence-corrected chi connectivity index (χ3v) is 2.16. The summed E-state index contributed by atoms with van der Waals surface area (Å²) in [4.78, 5) is 6.90. The summed E-state index contributed by atoms with van der Waals surface area (Å²) in [6.07, 6.45) is -3.34. The minimum atomic E-state index is -4.58. The van der Waals surface area contributed by atoms with Gasteiger partial charge in [-0.15, -0.1) is 0 Å². The molecule has 0 saturated heterocycles. The molecule has 0 N–H and O–H groups in total.